The van der Waals surface area contributed by atoms with Crippen LogP contribution in [0.1, 0.15) is 19.4 Å². The Hall–Kier alpha value is -1.88. The highest BCUT2D eigenvalue weighted by atomic mass is 19.1. The number of benzene rings is 1. The highest BCUT2D eigenvalue weighted by Crippen LogP contribution is 2.23. The molecule has 0 atom stereocenters. The van der Waals surface area contributed by atoms with Crippen molar-refractivity contribution in [1.29, 1.82) is 0 Å². The Morgan fingerprint density at radius 2 is 2.11 bits per heavy atom. The predicted molar refractivity (Wildman–Crippen MR) is 67.0 cm³/mol. The van der Waals surface area contributed by atoms with Gasteiger partial charge in [0.15, 0.2) is 5.83 Å². The molecular formula is C13H16FNO3. The maximum absolute atomic E-state index is 13.3. The second kappa shape index (κ2) is 6.16. The van der Waals surface area contributed by atoms with Crippen molar-refractivity contribution >= 4 is 11.6 Å². The molecule has 0 bridgehead atoms. The van der Waals surface area contributed by atoms with Gasteiger partial charge in [0.2, 0.25) is 0 Å². The smallest absolute Gasteiger partial charge is 0.284 e. The summed E-state index contributed by atoms with van der Waals surface area (Å²) in [4.78, 5) is 11.5. The van der Waals surface area contributed by atoms with E-state index in [9.17, 15) is 9.18 Å². The largest absolute Gasteiger partial charge is 0.496 e. The van der Waals surface area contributed by atoms with Gasteiger partial charge in [0.05, 0.1) is 13.7 Å². The van der Waals surface area contributed by atoms with Crippen molar-refractivity contribution in [2.45, 2.75) is 20.5 Å². The first-order valence-corrected chi connectivity index (χ1v) is 5.41. The predicted octanol–water partition coefficient (Wildman–Crippen LogP) is 2.39. The number of rotatable bonds is 4. The summed E-state index contributed by atoms with van der Waals surface area (Å²) < 4.78 is 18.4. The van der Waals surface area contributed by atoms with Crippen LogP contribution in [0, 0.1) is 0 Å². The number of hydrogen-bond donors (Lipinski definition) is 2. The number of aliphatic hydroxyl groups is 1. The van der Waals surface area contributed by atoms with Crippen LogP contribution >= 0.6 is 0 Å². The van der Waals surface area contributed by atoms with Gasteiger partial charge in [0, 0.05) is 11.3 Å². The maximum atomic E-state index is 13.3. The van der Waals surface area contributed by atoms with Crippen molar-refractivity contribution in [2.75, 3.05) is 12.4 Å². The summed E-state index contributed by atoms with van der Waals surface area (Å²) in [5.41, 5.74) is 1.23. The molecule has 0 saturated heterocycles. The number of nitrogens with one attached hydrogen (secondary N) is 1. The lowest BCUT2D eigenvalue weighted by atomic mass is 10.2. The van der Waals surface area contributed by atoms with Crippen LogP contribution in [0.4, 0.5) is 10.1 Å². The zero-order chi connectivity index (χ0) is 13.7. The average molecular weight is 253 g/mol. The van der Waals surface area contributed by atoms with Gasteiger partial charge < -0.3 is 15.2 Å². The third-order valence-corrected chi connectivity index (χ3v) is 2.35. The van der Waals surface area contributed by atoms with E-state index in [1.165, 1.54) is 27.0 Å². The number of carbonyl (C=O) groups excluding carboxylic acids is 1. The summed E-state index contributed by atoms with van der Waals surface area (Å²) in [6.07, 6.45) is 0. The summed E-state index contributed by atoms with van der Waals surface area (Å²) in [6, 6.07) is 4.71. The molecule has 98 valence electrons. The number of aliphatic hydroxyl groups excluding tert-OH is 1. The summed E-state index contributed by atoms with van der Waals surface area (Å²) in [5.74, 6) is -1.10. The van der Waals surface area contributed by atoms with Crippen molar-refractivity contribution in [3.63, 3.8) is 0 Å². The molecule has 1 amide bonds. The second-order valence-corrected chi connectivity index (χ2v) is 3.95. The molecule has 0 fully saturated rings. The van der Waals surface area contributed by atoms with Crippen LogP contribution in [-0.2, 0) is 11.4 Å². The molecule has 5 heteroatoms. The Bertz CT molecular complexity index is 479. The SMILES string of the molecule is COc1ccc(NC(=O)C(F)=C(C)C)cc1CO. The van der Waals surface area contributed by atoms with Crippen molar-refractivity contribution in [3.05, 3.63) is 35.2 Å². The van der Waals surface area contributed by atoms with Gasteiger partial charge in [-0.15, -0.1) is 0 Å². The summed E-state index contributed by atoms with van der Waals surface area (Å²) in [6.45, 7) is 2.81. The lowest BCUT2D eigenvalue weighted by Crippen LogP contribution is -2.13. The first-order valence-electron chi connectivity index (χ1n) is 5.41. The molecule has 0 unspecified atom stereocenters. The normalized spacial score (nSPS) is 9.83. The number of hydrogen-bond acceptors (Lipinski definition) is 3. The molecule has 0 saturated carbocycles. The van der Waals surface area contributed by atoms with Crippen molar-refractivity contribution < 1.29 is 19.0 Å². The Labute approximate surface area is 105 Å². The van der Waals surface area contributed by atoms with E-state index in [1.807, 2.05) is 0 Å². The van der Waals surface area contributed by atoms with Crippen LogP contribution in [0.2, 0.25) is 0 Å². The fourth-order valence-corrected chi connectivity index (χ4v) is 1.39. The third kappa shape index (κ3) is 3.30. The first kappa shape index (κ1) is 14.2. The minimum Gasteiger partial charge on any atom is -0.496 e. The van der Waals surface area contributed by atoms with Crippen molar-refractivity contribution in [3.8, 4) is 5.75 Å². The van der Waals surface area contributed by atoms with Gasteiger partial charge in [-0.1, -0.05) is 0 Å². The Morgan fingerprint density at radius 1 is 1.44 bits per heavy atom. The van der Waals surface area contributed by atoms with E-state index in [1.54, 1.807) is 12.1 Å². The topological polar surface area (TPSA) is 58.6 Å². The zero-order valence-corrected chi connectivity index (χ0v) is 10.6. The van der Waals surface area contributed by atoms with Gasteiger partial charge in [-0.3, -0.25) is 4.79 Å². The number of ether oxygens (including phenoxy) is 1. The van der Waals surface area contributed by atoms with Crippen LogP contribution in [0.3, 0.4) is 0 Å². The van der Waals surface area contributed by atoms with Crippen LogP contribution < -0.4 is 10.1 Å². The van der Waals surface area contributed by atoms with E-state index >= 15 is 0 Å². The number of methoxy groups -OCH3 is 1. The summed E-state index contributed by atoms with van der Waals surface area (Å²) >= 11 is 0. The summed E-state index contributed by atoms with van der Waals surface area (Å²) in [7, 11) is 1.48. The first-order chi connectivity index (χ1) is 8.49. The van der Waals surface area contributed by atoms with Gasteiger partial charge in [0.1, 0.15) is 5.75 Å². The molecule has 0 aromatic heterocycles. The van der Waals surface area contributed by atoms with E-state index in [-0.39, 0.29) is 6.61 Å². The van der Waals surface area contributed by atoms with Crippen LogP contribution in [0.25, 0.3) is 0 Å². The standard InChI is InChI=1S/C13H16FNO3/c1-8(2)12(14)13(17)15-10-4-5-11(18-3)9(6-10)7-16/h4-6,16H,7H2,1-3H3,(H,15,17). The Kier molecular flexibility index (Phi) is 4.85. The molecule has 1 rings (SSSR count). The van der Waals surface area contributed by atoms with Gasteiger partial charge in [0.25, 0.3) is 5.91 Å². The molecule has 2 N–H and O–H groups in total. The Morgan fingerprint density at radius 3 is 2.61 bits per heavy atom. The van der Waals surface area contributed by atoms with E-state index in [4.69, 9.17) is 9.84 Å². The number of carbonyl (C=O) groups is 1. The molecule has 0 heterocycles. The lowest BCUT2D eigenvalue weighted by molar-refractivity contribution is -0.114. The van der Waals surface area contributed by atoms with E-state index in [0.29, 0.717) is 22.6 Å². The van der Waals surface area contributed by atoms with Crippen LogP contribution in [0.5, 0.6) is 5.75 Å². The van der Waals surface area contributed by atoms with E-state index in [0.717, 1.165) is 0 Å². The fraction of sp³-hybridized carbons (Fsp3) is 0.308. The molecular weight excluding hydrogens is 237 g/mol. The van der Waals surface area contributed by atoms with Gasteiger partial charge in [-0.25, -0.2) is 4.39 Å². The Balaban J connectivity index is 2.93. The molecule has 1 aromatic carbocycles. The van der Waals surface area contributed by atoms with Gasteiger partial charge in [-0.2, -0.15) is 0 Å². The lowest BCUT2D eigenvalue weighted by Gasteiger charge is -2.09. The van der Waals surface area contributed by atoms with E-state index < -0.39 is 11.7 Å². The molecule has 18 heavy (non-hydrogen) atoms. The minimum atomic E-state index is -0.809. The molecule has 0 aliphatic carbocycles. The maximum Gasteiger partial charge on any atom is 0.284 e. The van der Waals surface area contributed by atoms with E-state index in [2.05, 4.69) is 5.32 Å². The van der Waals surface area contributed by atoms with Gasteiger partial charge >= 0.3 is 0 Å². The highest BCUT2D eigenvalue weighted by Gasteiger charge is 2.11. The summed E-state index contributed by atoms with van der Waals surface area (Å²) in [5, 5.41) is 11.5. The number of halogens is 1. The third-order valence-electron chi connectivity index (χ3n) is 2.35. The van der Waals surface area contributed by atoms with Crippen LogP contribution in [0.15, 0.2) is 29.6 Å². The molecule has 4 nitrogen and oxygen atoms in total. The molecule has 0 aliphatic rings. The fourth-order valence-electron chi connectivity index (χ4n) is 1.39. The van der Waals surface area contributed by atoms with Crippen molar-refractivity contribution in [1.82, 2.24) is 0 Å². The highest BCUT2D eigenvalue weighted by molar-refractivity contribution is 6.02. The molecule has 0 aliphatic heterocycles. The number of allylic oxidation sites excluding steroid dienone is 1. The number of anilines is 1. The molecule has 1 aromatic rings. The van der Waals surface area contributed by atoms with Crippen molar-refractivity contribution in [2.24, 2.45) is 0 Å². The zero-order valence-electron chi connectivity index (χ0n) is 10.6. The quantitative estimate of drug-likeness (QED) is 0.810. The molecule has 0 spiro atoms. The molecule has 0 radical (unpaired) electrons. The van der Waals surface area contributed by atoms with Crippen LogP contribution in [-0.4, -0.2) is 18.1 Å². The minimum absolute atomic E-state index is 0.224. The average Bonchev–Trinajstić information content (AvgIpc) is 2.37. The van der Waals surface area contributed by atoms with Gasteiger partial charge in [-0.05, 0) is 37.6 Å². The second-order valence-electron chi connectivity index (χ2n) is 3.95. The monoisotopic (exact) mass is 253 g/mol. The number of amides is 1.